The van der Waals surface area contributed by atoms with Crippen molar-refractivity contribution in [3.8, 4) is 5.75 Å². The number of hydrazone groups is 1. The molecule has 1 aliphatic rings. The SMILES string of the molecule is CCOC(=O)c1c(NC(=O)C(=O)NN=C(C)c2ccc(OC(=O)c3ccco3)cc2)sc2c1CCCCC2. The van der Waals surface area contributed by atoms with Gasteiger partial charge in [0.2, 0.25) is 5.76 Å². The maximum absolute atomic E-state index is 12.7. The van der Waals surface area contributed by atoms with Gasteiger partial charge < -0.3 is 19.2 Å². The average molecular weight is 538 g/mol. The van der Waals surface area contributed by atoms with Gasteiger partial charge in [-0.25, -0.2) is 15.0 Å². The van der Waals surface area contributed by atoms with Crippen molar-refractivity contribution in [3.05, 3.63) is 70.0 Å². The van der Waals surface area contributed by atoms with Gasteiger partial charge in [0, 0.05) is 4.88 Å². The Labute approximate surface area is 223 Å². The summed E-state index contributed by atoms with van der Waals surface area (Å²) in [7, 11) is 0. The number of thiophene rings is 1. The van der Waals surface area contributed by atoms with E-state index in [0.29, 0.717) is 27.6 Å². The lowest BCUT2D eigenvalue weighted by Gasteiger charge is -2.08. The number of benzene rings is 1. The van der Waals surface area contributed by atoms with Crippen molar-refractivity contribution >= 4 is 45.8 Å². The molecule has 0 fully saturated rings. The minimum atomic E-state index is -0.980. The van der Waals surface area contributed by atoms with E-state index < -0.39 is 23.8 Å². The summed E-state index contributed by atoms with van der Waals surface area (Å²) in [5.74, 6) is -2.66. The number of hydrogen-bond acceptors (Lipinski definition) is 9. The molecular weight excluding hydrogens is 510 g/mol. The fraction of sp³-hybridized carbons (Fsp3) is 0.296. The number of amides is 2. The predicted molar refractivity (Wildman–Crippen MR) is 141 cm³/mol. The van der Waals surface area contributed by atoms with Crippen LogP contribution in [-0.4, -0.2) is 36.1 Å². The molecule has 0 atom stereocenters. The largest absolute Gasteiger partial charge is 0.462 e. The molecule has 0 bridgehead atoms. The summed E-state index contributed by atoms with van der Waals surface area (Å²) in [6, 6.07) is 9.53. The molecule has 0 spiro atoms. The van der Waals surface area contributed by atoms with Crippen LogP contribution in [0.3, 0.4) is 0 Å². The number of nitrogens with zero attached hydrogens (tertiary/aromatic N) is 1. The summed E-state index contributed by atoms with van der Waals surface area (Å²) in [6.45, 7) is 3.58. The number of carbonyl (C=O) groups excluding carboxylic acids is 4. The van der Waals surface area contributed by atoms with Crippen molar-refractivity contribution in [2.24, 2.45) is 5.10 Å². The summed E-state index contributed by atoms with van der Waals surface area (Å²) in [5, 5.41) is 6.88. The van der Waals surface area contributed by atoms with Crippen LogP contribution >= 0.6 is 11.3 Å². The van der Waals surface area contributed by atoms with Gasteiger partial charge in [-0.05, 0) is 87.1 Å². The quantitative estimate of drug-likeness (QED) is 0.113. The second-order valence-electron chi connectivity index (χ2n) is 8.47. The van der Waals surface area contributed by atoms with Crippen LogP contribution in [-0.2, 0) is 27.2 Å². The normalized spacial score (nSPS) is 13.2. The number of furan rings is 1. The zero-order valence-corrected chi connectivity index (χ0v) is 21.8. The van der Waals surface area contributed by atoms with Crippen LogP contribution in [0.2, 0.25) is 0 Å². The highest BCUT2D eigenvalue weighted by molar-refractivity contribution is 7.17. The zero-order valence-electron chi connectivity index (χ0n) is 21.0. The molecule has 1 aromatic carbocycles. The molecule has 2 heterocycles. The Kier molecular flexibility index (Phi) is 8.70. The first-order valence-corrected chi connectivity index (χ1v) is 13.0. The van der Waals surface area contributed by atoms with Crippen LogP contribution in [0.25, 0.3) is 0 Å². The Bertz CT molecular complexity index is 1360. The van der Waals surface area contributed by atoms with Crippen molar-refractivity contribution in [2.45, 2.75) is 46.0 Å². The maximum atomic E-state index is 12.7. The van der Waals surface area contributed by atoms with E-state index in [1.165, 1.54) is 23.7 Å². The molecule has 38 heavy (non-hydrogen) atoms. The fourth-order valence-electron chi connectivity index (χ4n) is 3.98. The number of fused-ring (bicyclic) bond motifs is 1. The number of ether oxygens (including phenoxy) is 2. The van der Waals surface area contributed by atoms with E-state index in [0.717, 1.165) is 42.5 Å². The van der Waals surface area contributed by atoms with Gasteiger partial charge in [0.15, 0.2) is 0 Å². The van der Waals surface area contributed by atoms with E-state index in [9.17, 15) is 19.2 Å². The second kappa shape index (κ2) is 12.3. The molecule has 2 N–H and O–H groups in total. The summed E-state index contributed by atoms with van der Waals surface area (Å²) >= 11 is 1.31. The van der Waals surface area contributed by atoms with Crippen molar-refractivity contribution in [2.75, 3.05) is 11.9 Å². The minimum absolute atomic E-state index is 0.0837. The van der Waals surface area contributed by atoms with Gasteiger partial charge in [0.25, 0.3) is 0 Å². The van der Waals surface area contributed by atoms with Crippen molar-refractivity contribution in [1.82, 2.24) is 5.43 Å². The first kappa shape index (κ1) is 26.8. The number of anilines is 1. The van der Waals surface area contributed by atoms with E-state index in [-0.39, 0.29) is 12.4 Å². The van der Waals surface area contributed by atoms with E-state index in [1.807, 2.05) is 0 Å². The number of rotatable bonds is 7. The summed E-state index contributed by atoms with van der Waals surface area (Å²) in [4.78, 5) is 50.8. The van der Waals surface area contributed by atoms with Gasteiger partial charge >= 0.3 is 23.8 Å². The van der Waals surface area contributed by atoms with Crippen LogP contribution < -0.4 is 15.5 Å². The third kappa shape index (κ3) is 6.35. The van der Waals surface area contributed by atoms with E-state index in [1.54, 1.807) is 44.2 Å². The van der Waals surface area contributed by atoms with Gasteiger partial charge in [-0.15, -0.1) is 11.3 Å². The Morgan fingerprint density at radius 1 is 1.00 bits per heavy atom. The molecule has 0 saturated heterocycles. The van der Waals surface area contributed by atoms with Gasteiger partial charge in [-0.3, -0.25) is 9.59 Å². The molecule has 10 nitrogen and oxygen atoms in total. The lowest BCUT2D eigenvalue weighted by molar-refractivity contribution is -0.136. The first-order valence-electron chi connectivity index (χ1n) is 12.2. The minimum Gasteiger partial charge on any atom is -0.462 e. The van der Waals surface area contributed by atoms with E-state index in [4.69, 9.17) is 13.9 Å². The molecule has 0 radical (unpaired) electrons. The Balaban J connectivity index is 1.39. The summed E-state index contributed by atoms with van der Waals surface area (Å²) in [5.41, 5.74) is 4.53. The highest BCUT2D eigenvalue weighted by atomic mass is 32.1. The molecule has 0 unspecified atom stereocenters. The van der Waals surface area contributed by atoms with E-state index >= 15 is 0 Å². The number of carbonyl (C=O) groups is 4. The molecular formula is C27H27N3O7S. The Morgan fingerprint density at radius 3 is 2.47 bits per heavy atom. The average Bonchev–Trinajstić information content (AvgIpc) is 3.51. The highest BCUT2D eigenvalue weighted by Crippen LogP contribution is 2.38. The van der Waals surface area contributed by atoms with Gasteiger partial charge in [0.05, 0.1) is 24.1 Å². The standard InChI is InChI=1S/C27H27N3O7S/c1-3-35-27(34)22-19-8-5-4-6-10-21(19)38-25(22)28-23(31)24(32)30-29-16(2)17-11-13-18(14-12-17)37-26(33)20-9-7-15-36-20/h7,9,11-15H,3-6,8,10H2,1-2H3,(H,28,31)(H,30,32). The van der Waals surface area contributed by atoms with Gasteiger partial charge in [-0.1, -0.05) is 6.42 Å². The van der Waals surface area contributed by atoms with Crippen LogP contribution in [0.15, 0.2) is 52.2 Å². The molecule has 4 rings (SSSR count). The van der Waals surface area contributed by atoms with Crippen LogP contribution in [0.1, 0.15) is 70.0 Å². The topological polar surface area (TPSA) is 136 Å². The maximum Gasteiger partial charge on any atom is 0.379 e. The number of aryl methyl sites for hydroxylation is 1. The fourth-order valence-corrected chi connectivity index (χ4v) is 5.25. The molecule has 1 aliphatic carbocycles. The van der Waals surface area contributed by atoms with Crippen LogP contribution in [0, 0.1) is 0 Å². The molecule has 3 aromatic rings. The first-order chi connectivity index (χ1) is 18.4. The third-order valence-corrected chi connectivity index (χ3v) is 7.07. The summed E-state index contributed by atoms with van der Waals surface area (Å²) in [6.07, 6.45) is 5.95. The van der Waals surface area contributed by atoms with E-state index in [2.05, 4.69) is 15.8 Å². The summed E-state index contributed by atoms with van der Waals surface area (Å²) < 4.78 is 15.5. The lowest BCUT2D eigenvalue weighted by atomic mass is 10.1. The number of hydrogen-bond donors (Lipinski definition) is 2. The number of nitrogens with one attached hydrogen (secondary N) is 2. The molecule has 11 heteroatoms. The van der Waals surface area contributed by atoms with Gasteiger partial charge in [0.1, 0.15) is 10.8 Å². The lowest BCUT2D eigenvalue weighted by Crippen LogP contribution is -2.33. The molecule has 2 amide bonds. The van der Waals surface area contributed by atoms with Crippen LogP contribution in [0.4, 0.5) is 5.00 Å². The number of esters is 2. The van der Waals surface area contributed by atoms with Crippen LogP contribution in [0.5, 0.6) is 5.75 Å². The third-order valence-electron chi connectivity index (χ3n) is 5.86. The smallest absolute Gasteiger partial charge is 0.379 e. The zero-order chi connectivity index (χ0) is 27.1. The van der Waals surface area contributed by atoms with Crippen molar-refractivity contribution in [3.63, 3.8) is 0 Å². The Morgan fingerprint density at radius 2 is 1.76 bits per heavy atom. The van der Waals surface area contributed by atoms with Gasteiger partial charge in [-0.2, -0.15) is 5.10 Å². The monoisotopic (exact) mass is 537 g/mol. The molecule has 0 aliphatic heterocycles. The molecule has 198 valence electrons. The van der Waals surface area contributed by atoms with Crippen molar-refractivity contribution in [1.29, 1.82) is 0 Å². The highest BCUT2D eigenvalue weighted by Gasteiger charge is 2.28. The molecule has 2 aromatic heterocycles. The second-order valence-corrected chi connectivity index (χ2v) is 9.58. The predicted octanol–water partition coefficient (Wildman–Crippen LogP) is 4.48. The Hall–Kier alpha value is -4.25. The molecule has 0 saturated carbocycles. The van der Waals surface area contributed by atoms with Crippen molar-refractivity contribution < 1.29 is 33.1 Å².